The zero-order valence-electron chi connectivity index (χ0n) is 10.7. The number of nitrogens with one attached hydrogen (secondary N) is 1. The first-order valence-electron chi connectivity index (χ1n) is 6.43. The van der Waals surface area contributed by atoms with Gasteiger partial charge in [-0.3, -0.25) is 9.59 Å². The standard InChI is InChI=1S/C15H9FN2O3/c16-8-2-1-3-9-11(8)14(20)13(18-9)12-10(19)5-4-7-6-17-21-15(7)12/h1-7,15,18H. The van der Waals surface area contributed by atoms with Crippen molar-refractivity contribution >= 4 is 23.5 Å². The number of hydrogen-bond donors (Lipinski definition) is 1. The van der Waals surface area contributed by atoms with Gasteiger partial charge < -0.3 is 10.2 Å². The van der Waals surface area contributed by atoms with Crippen LogP contribution in [0.3, 0.4) is 0 Å². The largest absolute Gasteiger partial charge is 0.387 e. The van der Waals surface area contributed by atoms with E-state index in [1.165, 1.54) is 18.2 Å². The summed E-state index contributed by atoms with van der Waals surface area (Å²) in [5.41, 5.74) is 0.587. The Morgan fingerprint density at radius 1 is 1.29 bits per heavy atom. The molecule has 1 aromatic carbocycles. The monoisotopic (exact) mass is 284 g/mol. The van der Waals surface area contributed by atoms with Crippen molar-refractivity contribution in [2.45, 2.75) is 6.10 Å². The van der Waals surface area contributed by atoms with Crippen LogP contribution < -0.4 is 5.32 Å². The summed E-state index contributed by atoms with van der Waals surface area (Å²) in [7, 11) is 0. The van der Waals surface area contributed by atoms with Gasteiger partial charge in [0.15, 0.2) is 11.9 Å². The van der Waals surface area contributed by atoms with Gasteiger partial charge in [0, 0.05) is 0 Å². The molecule has 0 saturated heterocycles. The minimum absolute atomic E-state index is 0.0437. The van der Waals surface area contributed by atoms with Crippen molar-refractivity contribution in [1.82, 2.24) is 0 Å². The second kappa shape index (κ2) is 4.12. The van der Waals surface area contributed by atoms with Gasteiger partial charge in [-0.2, -0.15) is 0 Å². The Morgan fingerprint density at radius 2 is 2.14 bits per heavy atom. The Hall–Kier alpha value is -2.76. The van der Waals surface area contributed by atoms with Gasteiger partial charge in [-0.15, -0.1) is 0 Å². The molecule has 0 saturated carbocycles. The van der Waals surface area contributed by atoms with Gasteiger partial charge >= 0.3 is 0 Å². The predicted octanol–water partition coefficient (Wildman–Crippen LogP) is 1.83. The molecule has 0 amide bonds. The number of oxime groups is 1. The van der Waals surface area contributed by atoms with Gasteiger partial charge in [0.2, 0.25) is 5.78 Å². The van der Waals surface area contributed by atoms with E-state index in [9.17, 15) is 14.0 Å². The summed E-state index contributed by atoms with van der Waals surface area (Å²) >= 11 is 0. The smallest absolute Gasteiger partial charge is 0.214 e. The van der Waals surface area contributed by atoms with Crippen molar-refractivity contribution in [2.24, 2.45) is 11.1 Å². The van der Waals surface area contributed by atoms with Crippen LogP contribution in [0.5, 0.6) is 0 Å². The fourth-order valence-corrected chi connectivity index (χ4v) is 2.77. The Labute approximate surface area is 118 Å². The van der Waals surface area contributed by atoms with Crippen LogP contribution in [0.1, 0.15) is 10.4 Å². The fraction of sp³-hybridized carbons (Fsp3) is 0.133. The lowest BCUT2D eigenvalue weighted by atomic mass is 9.86. The van der Waals surface area contributed by atoms with Crippen molar-refractivity contribution in [3.63, 3.8) is 0 Å². The highest BCUT2D eigenvalue weighted by molar-refractivity contribution is 6.23. The molecular weight excluding hydrogens is 275 g/mol. The third-order valence-electron chi connectivity index (χ3n) is 3.77. The van der Waals surface area contributed by atoms with Crippen LogP contribution in [-0.2, 0) is 9.63 Å². The van der Waals surface area contributed by atoms with E-state index in [0.29, 0.717) is 5.69 Å². The minimum atomic E-state index is -0.633. The second-order valence-corrected chi connectivity index (χ2v) is 4.99. The molecule has 2 heterocycles. The summed E-state index contributed by atoms with van der Waals surface area (Å²) in [6.45, 7) is 0. The summed E-state index contributed by atoms with van der Waals surface area (Å²) in [4.78, 5) is 29.7. The second-order valence-electron chi connectivity index (χ2n) is 4.99. The molecule has 5 nitrogen and oxygen atoms in total. The first-order chi connectivity index (χ1) is 10.2. The van der Waals surface area contributed by atoms with E-state index >= 15 is 0 Å². The summed E-state index contributed by atoms with van der Waals surface area (Å²) < 4.78 is 13.8. The average molecular weight is 284 g/mol. The summed E-state index contributed by atoms with van der Waals surface area (Å²) in [5, 5.41) is 6.54. The first kappa shape index (κ1) is 12.0. The number of carbonyl (C=O) groups is 2. The van der Waals surface area contributed by atoms with Gasteiger partial charge in [0.1, 0.15) is 5.82 Å². The molecule has 0 aromatic heterocycles. The predicted molar refractivity (Wildman–Crippen MR) is 72.4 cm³/mol. The molecule has 0 spiro atoms. The van der Waals surface area contributed by atoms with E-state index in [2.05, 4.69) is 10.5 Å². The molecular formula is C15H9FN2O3. The van der Waals surface area contributed by atoms with Crippen LogP contribution in [0.15, 0.2) is 46.8 Å². The average Bonchev–Trinajstić information content (AvgIpc) is 3.05. The number of carbonyl (C=O) groups excluding carboxylic acids is 2. The maximum absolute atomic E-state index is 13.8. The van der Waals surface area contributed by atoms with E-state index in [4.69, 9.17) is 4.84 Å². The van der Waals surface area contributed by atoms with Gasteiger partial charge in [-0.25, -0.2) is 4.39 Å². The topological polar surface area (TPSA) is 67.8 Å². The van der Waals surface area contributed by atoms with E-state index in [1.807, 2.05) is 0 Å². The number of allylic oxidation sites excluding steroid dienone is 2. The fourth-order valence-electron chi connectivity index (χ4n) is 2.77. The molecule has 2 unspecified atom stereocenters. The number of benzene rings is 1. The molecule has 0 fully saturated rings. The molecule has 4 rings (SSSR count). The number of Topliss-reactive ketones (excluding diaryl/α,β-unsaturated/α-hetero) is 1. The minimum Gasteiger partial charge on any atom is -0.387 e. The highest BCUT2D eigenvalue weighted by Gasteiger charge is 2.41. The van der Waals surface area contributed by atoms with Gasteiger partial charge in [0.25, 0.3) is 0 Å². The van der Waals surface area contributed by atoms with Crippen LogP contribution in [0.4, 0.5) is 10.1 Å². The molecule has 104 valence electrons. The number of nitrogens with zero attached hydrogens (tertiary/aromatic N) is 1. The normalized spacial score (nSPS) is 29.2. The van der Waals surface area contributed by atoms with Gasteiger partial charge in [0.05, 0.1) is 34.7 Å². The van der Waals surface area contributed by atoms with Crippen LogP contribution in [0.25, 0.3) is 0 Å². The van der Waals surface area contributed by atoms with Crippen LogP contribution in [0, 0.1) is 11.7 Å². The van der Waals surface area contributed by atoms with E-state index < -0.39 is 17.7 Å². The number of fused-ring (bicyclic) bond motifs is 2. The molecule has 2 aliphatic heterocycles. The van der Waals surface area contributed by atoms with Gasteiger partial charge in [-0.1, -0.05) is 17.3 Å². The van der Waals surface area contributed by atoms with Crippen LogP contribution >= 0.6 is 0 Å². The molecule has 6 heteroatoms. The Kier molecular flexibility index (Phi) is 2.35. The zero-order chi connectivity index (χ0) is 14.6. The molecule has 1 aliphatic carbocycles. The van der Waals surface area contributed by atoms with Crippen molar-refractivity contribution in [1.29, 1.82) is 0 Å². The highest BCUT2D eigenvalue weighted by atomic mass is 19.1. The first-order valence-corrected chi connectivity index (χ1v) is 6.43. The quantitative estimate of drug-likeness (QED) is 0.738. The van der Waals surface area contributed by atoms with E-state index in [-0.39, 0.29) is 28.5 Å². The highest BCUT2D eigenvalue weighted by Crippen LogP contribution is 2.36. The summed E-state index contributed by atoms with van der Waals surface area (Å²) in [6, 6.07) is 4.31. The molecule has 3 aliphatic rings. The third-order valence-corrected chi connectivity index (χ3v) is 3.77. The molecule has 0 radical (unpaired) electrons. The van der Waals surface area contributed by atoms with E-state index in [0.717, 1.165) is 0 Å². The summed E-state index contributed by atoms with van der Waals surface area (Å²) in [6.07, 6.45) is 4.01. The Balaban J connectivity index is 1.87. The van der Waals surface area contributed by atoms with Crippen molar-refractivity contribution in [3.05, 3.63) is 53.0 Å². The number of halogens is 1. The van der Waals surface area contributed by atoms with Gasteiger partial charge in [-0.05, 0) is 18.2 Å². The lowest BCUT2D eigenvalue weighted by Gasteiger charge is -2.21. The molecule has 2 atom stereocenters. The molecule has 1 aromatic rings. The number of hydrogen-bond acceptors (Lipinski definition) is 5. The van der Waals surface area contributed by atoms with Crippen LogP contribution in [-0.4, -0.2) is 23.9 Å². The third kappa shape index (κ3) is 1.59. The Bertz CT molecular complexity index is 779. The lowest BCUT2D eigenvalue weighted by molar-refractivity contribution is -0.113. The number of anilines is 1. The van der Waals surface area contributed by atoms with Crippen molar-refractivity contribution < 1.29 is 18.8 Å². The van der Waals surface area contributed by atoms with Crippen molar-refractivity contribution in [3.8, 4) is 0 Å². The van der Waals surface area contributed by atoms with Crippen LogP contribution in [0.2, 0.25) is 0 Å². The molecule has 1 N–H and O–H groups in total. The lowest BCUT2D eigenvalue weighted by Crippen LogP contribution is -2.31. The van der Waals surface area contributed by atoms with E-state index in [1.54, 1.807) is 18.4 Å². The molecule has 21 heavy (non-hydrogen) atoms. The maximum Gasteiger partial charge on any atom is 0.214 e. The number of ketones is 2. The SMILES string of the molecule is O=C1C=CC2C=NOC2C1=C1Nc2cccc(F)c2C1=O. The maximum atomic E-state index is 13.8. The zero-order valence-corrected chi connectivity index (χ0v) is 10.7. The van der Waals surface area contributed by atoms with Crippen molar-refractivity contribution in [2.75, 3.05) is 5.32 Å². The summed E-state index contributed by atoms with van der Waals surface area (Å²) in [5.74, 6) is -1.66. The Morgan fingerprint density at radius 3 is 2.95 bits per heavy atom. The number of rotatable bonds is 0. The molecule has 0 bridgehead atoms.